The summed E-state index contributed by atoms with van der Waals surface area (Å²) in [5.41, 5.74) is 0. The van der Waals surface area contributed by atoms with E-state index in [0.717, 1.165) is 32.2 Å². The van der Waals surface area contributed by atoms with Crippen molar-refractivity contribution in [1.29, 1.82) is 0 Å². The van der Waals surface area contributed by atoms with Gasteiger partial charge in [0.25, 0.3) is 0 Å². The Morgan fingerprint density at radius 2 is 1.87 bits per heavy atom. The second-order valence-corrected chi connectivity index (χ2v) is 4.23. The highest BCUT2D eigenvalue weighted by atomic mass is 16.5. The molecule has 1 atom stereocenters. The predicted octanol–water partition coefficient (Wildman–Crippen LogP) is 3.22. The summed E-state index contributed by atoms with van der Waals surface area (Å²) in [6.07, 6.45) is 6.12. The lowest BCUT2D eigenvalue weighted by molar-refractivity contribution is 0.116. The normalized spacial score (nSPS) is 13.0. The summed E-state index contributed by atoms with van der Waals surface area (Å²) in [5.74, 6) is 0.790. The van der Waals surface area contributed by atoms with Crippen molar-refractivity contribution in [3.8, 4) is 0 Å². The van der Waals surface area contributed by atoms with Crippen molar-refractivity contribution in [2.24, 2.45) is 5.92 Å². The molecule has 92 valence electrons. The van der Waals surface area contributed by atoms with Crippen LogP contribution in [-0.4, -0.2) is 26.3 Å². The van der Waals surface area contributed by atoms with E-state index < -0.39 is 0 Å². The van der Waals surface area contributed by atoms with Crippen LogP contribution in [0.1, 0.15) is 52.9 Å². The molecule has 2 heteroatoms. The molecule has 0 aliphatic carbocycles. The van der Waals surface area contributed by atoms with Crippen molar-refractivity contribution >= 4 is 0 Å². The maximum absolute atomic E-state index is 5.58. The van der Waals surface area contributed by atoms with Gasteiger partial charge in [0, 0.05) is 13.2 Å². The summed E-state index contributed by atoms with van der Waals surface area (Å²) in [6, 6.07) is 0. The van der Waals surface area contributed by atoms with Gasteiger partial charge in [0.15, 0.2) is 0 Å². The van der Waals surface area contributed by atoms with Crippen LogP contribution in [0.25, 0.3) is 0 Å². The van der Waals surface area contributed by atoms with Crippen LogP contribution in [0.3, 0.4) is 0 Å². The lowest BCUT2D eigenvalue weighted by Gasteiger charge is -2.15. The van der Waals surface area contributed by atoms with Gasteiger partial charge in [-0.25, -0.2) is 0 Å². The highest BCUT2D eigenvalue weighted by Gasteiger charge is 2.04. The summed E-state index contributed by atoms with van der Waals surface area (Å²) in [5, 5.41) is 3.48. The third-order valence-corrected chi connectivity index (χ3v) is 2.75. The molecule has 0 bridgehead atoms. The molecule has 0 heterocycles. The summed E-state index contributed by atoms with van der Waals surface area (Å²) in [6.45, 7) is 10.9. The van der Waals surface area contributed by atoms with Gasteiger partial charge < -0.3 is 10.1 Å². The third-order valence-electron chi connectivity index (χ3n) is 2.75. The molecular weight excluding hydrogens is 186 g/mol. The predicted molar refractivity (Wildman–Crippen MR) is 67.3 cm³/mol. The van der Waals surface area contributed by atoms with Gasteiger partial charge in [-0.05, 0) is 38.3 Å². The molecule has 2 nitrogen and oxygen atoms in total. The number of nitrogens with one attached hydrogen (secondary N) is 1. The minimum absolute atomic E-state index is 0.790. The zero-order valence-corrected chi connectivity index (χ0v) is 10.8. The first kappa shape index (κ1) is 14.9. The molecule has 0 fully saturated rings. The fourth-order valence-corrected chi connectivity index (χ4v) is 1.53. The Morgan fingerprint density at radius 1 is 1.07 bits per heavy atom. The Morgan fingerprint density at radius 3 is 2.47 bits per heavy atom. The minimum Gasteiger partial charge on any atom is -0.381 e. The fraction of sp³-hybridized carbons (Fsp3) is 1.00. The van der Waals surface area contributed by atoms with Crippen LogP contribution < -0.4 is 5.32 Å². The Kier molecular flexibility index (Phi) is 11.9. The molecule has 0 saturated heterocycles. The highest BCUT2D eigenvalue weighted by Crippen LogP contribution is 2.07. The molecule has 0 aromatic rings. The van der Waals surface area contributed by atoms with E-state index >= 15 is 0 Å². The molecule has 0 aliphatic heterocycles. The molecule has 15 heavy (non-hydrogen) atoms. The van der Waals surface area contributed by atoms with E-state index in [-0.39, 0.29) is 0 Å². The lowest BCUT2D eigenvalue weighted by atomic mass is 10.0. The van der Waals surface area contributed by atoms with E-state index in [1.807, 2.05) is 0 Å². The summed E-state index contributed by atoms with van der Waals surface area (Å²) in [7, 11) is 0. The van der Waals surface area contributed by atoms with Crippen LogP contribution in [0, 0.1) is 5.92 Å². The van der Waals surface area contributed by atoms with Crippen molar-refractivity contribution < 1.29 is 4.74 Å². The van der Waals surface area contributed by atoms with Crippen molar-refractivity contribution in [3.05, 3.63) is 0 Å². The standard InChI is InChI=1S/C13H29NO/c1-4-7-10-15-11-8-13(6-3)12-14-9-5-2/h13-14H,4-12H2,1-3H3. The van der Waals surface area contributed by atoms with Gasteiger partial charge in [0.05, 0.1) is 0 Å². The maximum Gasteiger partial charge on any atom is 0.0469 e. The number of hydrogen-bond acceptors (Lipinski definition) is 2. The topological polar surface area (TPSA) is 21.3 Å². The Balaban J connectivity index is 3.28. The largest absolute Gasteiger partial charge is 0.381 e. The molecule has 0 saturated carbocycles. The smallest absolute Gasteiger partial charge is 0.0469 e. The van der Waals surface area contributed by atoms with Crippen molar-refractivity contribution in [1.82, 2.24) is 5.32 Å². The first-order valence-corrected chi connectivity index (χ1v) is 6.63. The Labute approximate surface area is 95.8 Å². The first-order valence-electron chi connectivity index (χ1n) is 6.63. The monoisotopic (exact) mass is 215 g/mol. The number of rotatable bonds is 11. The zero-order chi connectivity index (χ0) is 11.4. The van der Waals surface area contributed by atoms with Crippen LogP contribution in [0.4, 0.5) is 0 Å². The average molecular weight is 215 g/mol. The Hall–Kier alpha value is -0.0800. The molecule has 1 N–H and O–H groups in total. The zero-order valence-electron chi connectivity index (χ0n) is 10.8. The van der Waals surface area contributed by atoms with E-state index in [4.69, 9.17) is 4.74 Å². The molecule has 0 radical (unpaired) electrons. The second kappa shape index (κ2) is 12.0. The number of hydrogen-bond donors (Lipinski definition) is 1. The molecular formula is C13H29NO. The number of ether oxygens (including phenoxy) is 1. The lowest BCUT2D eigenvalue weighted by Crippen LogP contribution is -2.24. The summed E-state index contributed by atoms with van der Waals surface area (Å²) >= 11 is 0. The average Bonchev–Trinajstić information content (AvgIpc) is 2.26. The van der Waals surface area contributed by atoms with Gasteiger partial charge in [0.1, 0.15) is 0 Å². The van der Waals surface area contributed by atoms with Gasteiger partial charge in [-0.1, -0.05) is 33.6 Å². The minimum atomic E-state index is 0.790. The van der Waals surface area contributed by atoms with Gasteiger partial charge in [0.2, 0.25) is 0 Å². The van der Waals surface area contributed by atoms with Gasteiger partial charge in [-0.3, -0.25) is 0 Å². The quantitative estimate of drug-likeness (QED) is 0.534. The second-order valence-electron chi connectivity index (χ2n) is 4.23. The summed E-state index contributed by atoms with van der Waals surface area (Å²) in [4.78, 5) is 0. The molecule has 0 aromatic heterocycles. The van der Waals surface area contributed by atoms with Gasteiger partial charge >= 0.3 is 0 Å². The van der Waals surface area contributed by atoms with E-state index in [2.05, 4.69) is 26.1 Å². The van der Waals surface area contributed by atoms with Gasteiger partial charge in [-0.15, -0.1) is 0 Å². The Bertz CT molecular complexity index is 117. The SMILES string of the molecule is CCCCOCCC(CC)CNCCC. The van der Waals surface area contributed by atoms with Crippen LogP contribution >= 0.6 is 0 Å². The number of unbranched alkanes of at least 4 members (excludes halogenated alkanes) is 1. The van der Waals surface area contributed by atoms with E-state index in [1.165, 1.54) is 32.1 Å². The molecule has 0 spiro atoms. The molecule has 0 aliphatic rings. The van der Waals surface area contributed by atoms with Crippen LogP contribution in [-0.2, 0) is 4.74 Å². The van der Waals surface area contributed by atoms with Crippen molar-refractivity contribution in [3.63, 3.8) is 0 Å². The van der Waals surface area contributed by atoms with E-state index in [9.17, 15) is 0 Å². The van der Waals surface area contributed by atoms with Gasteiger partial charge in [-0.2, -0.15) is 0 Å². The van der Waals surface area contributed by atoms with E-state index in [0.29, 0.717) is 0 Å². The van der Waals surface area contributed by atoms with Crippen molar-refractivity contribution in [2.75, 3.05) is 26.3 Å². The van der Waals surface area contributed by atoms with Crippen LogP contribution in [0.5, 0.6) is 0 Å². The first-order chi connectivity index (χ1) is 7.35. The molecule has 0 aromatic carbocycles. The molecule has 1 unspecified atom stereocenters. The highest BCUT2D eigenvalue weighted by molar-refractivity contribution is 4.60. The van der Waals surface area contributed by atoms with E-state index in [1.54, 1.807) is 0 Å². The van der Waals surface area contributed by atoms with Crippen LogP contribution in [0.15, 0.2) is 0 Å². The maximum atomic E-state index is 5.58. The fourth-order valence-electron chi connectivity index (χ4n) is 1.53. The molecule has 0 amide bonds. The third kappa shape index (κ3) is 10.2. The van der Waals surface area contributed by atoms with Crippen LogP contribution in [0.2, 0.25) is 0 Å². The summed E-state index contributed by atoms with van der Waals surface area (Å²) < 4.78 is 5.58. The molecule has 0 rings (SSSR count). The van der Waals surface area contributed by atoms with Crippen molar-refractivity contribution in [2.45, 2.75) is 52.9 Å².